The third-order valence-corrected chi connectivity index (χ3v) is 4.40. The van der Waals surface area contributed by atoms with E-state index in [9.17, 15) is 14.4 Å². The molecule has 0 aliphatic heterocycles. The van der Waals surface area contributed by atoms with Crippen LogP contribution in [0.25, 0.3) is 6.08 Å². The Kier molecular flexibility index (Phi) is 8.17. The summed E-state index contributed by atoms with van der Waals surface area (Å²) in [5.41, 5.74) is 3.37. The summed E-state index contributed by atoms with van der Waals surface area (Å²) < 4.78 is 10.1. The van der Waals surface area contributed by atoms with Crippen molar-refractivity contribution in [2.24, 2.45) is 0 Å². The number of aryl methyl sites for hydroxylation is 2. The fourth-order valence-electron chi connectivity index (χ4n) is 2.69. The number of methoxy groups -OCH3 is 1. The molecule has 0 saturated carbocycles. The molecule has 0 fully saturated rings. The lowest BCUT2D eigenvalue weighted by atomic mass is 10.1. The van der Waals surface area contributed by atoms with Crippen LogP contribution in [0, 0.1) is 13.8 Å². The lowest BCUT2D eigenvalue weighted by Gasteiger charge is -2.18. The molecule has 0 atom stereocenters. The number of rotatable bonds is 8. The second kappa shape index (κ2) is 10.8. The van der Waals surface area contributed by atoms with E-state index in [2.05, 4.69) is 5.32 Å². The molecule has 0 spiro atoms. The molecular weight excluding hydrogens is 384 g/mol. The standard InChI is InChI=1S/C23H26N2O5/c1-16-7-5-8-17(2)23(16)24-20(26)14-25(3)21(27)15-30-22(28)12-11-18-9-6-10-19(13-18)29-4/h5-13H,14-15H2,1-4H3,(H,24,26)/b12-11+. The van der Waals surface area contributed by atoms with Crippen molar-refractivity contribution in [3.63, 3.8) is 0 Å². The van der Waals surface area contributed by atoms with E-state index in [-0.39, 0.29) is 12.5 Å². The first-order valence-corrected chi connectivity index (χ1v) is 9.39. The molecule has 0 radical (unpaired) electrons. The van der Waals surface area contributed by atoms with Crippen LogP contribution in [0.15, 0.2) is 48.5 Å². The molecular formula is C23H26N2O5. The first kappa shape index (κ1) is 22.7. The number of ether oxygens (including phenoxy) is 2. The van der Waals surface area contributed by atoms with Gasteiger partial charge in [0.1, 0.15) is 5.75 Å². The summed E-state index contributed by atoms with van der Waals surface area (Å²) in [6, 6.07) is 12.9. The van der Waals surface area contributed by atoms with Crippen LogP contribution in [0.1, 0.15) is 16.7 Å². The maximum atomic E-state index is 12.2. The number of carbonyl (C=O) groups is 3. The van der Waals surface area contributed by atoms with E-state index in [1.54, 1.807) is 37.5 Å². The molecule has 2 aromatic rings. The van der Waals surface area contributed by atoms with Gasteiger partial charge in [-0.3, -0.25) is 9.59 Å². The highest BCUT2D eigenvalue weighted by Crippen LogP contribution is 2.19. The van der Waals surface area contributed by atoms with Gasteiger partial charge in [0.05, 0.1) is 13.7 Å². The summed E-state index contributed by atoms with van der Waals surface area (Å²) in [7, 11) is 3.04. The van der Waals surface area contributed by atoms with Gasteiger partial charge in [0.15, 0.2) is 6.61 Å². The van der Waals surface area contributed by atoms with Crippen molar-refractivity contribution in [3.05, 3.63) is 65.2 Å². The molecule has 158 valence electrons. The third kappa shape index (κ3) is 6.77. The van der Waals surface area contributed by atoms with Gasteiger partial charge >= 0.3 is 5.97 Å². The van der Waals surface area contributed by atoms with Crippen LogP contribution in [0.3, 0.4) is 0 Å². The lowest BCUT2D eigenvalue weighted by molar-refractivity contribution is -0.148. The maximum Gasteiger partial charge on any atom is 0.331 e. The number of likely N-dealkylation sites (N-methyl/N-ethyl adjacent to an activating group) is 1. The highest BCUT2D eigenvalue weighted by atomic mass is 16.5. The van der Waals surface area contributed by atoms with Crippen LogP contribution in [0.5, 0.6) is 5.75 Å². The highest BCUT2D eigenvalue weighted by molar-refractivity contribution is 5.96. The minimum absolute atomic E-state index is 0.149. The van der Waals surface area contributed by atoms with E-state index in [1.165, 1.54) is 18.0 Å². The summed E-state index contributed by atoms with van der Waals surface area (Å²) in [5, 5.41) is 2.81. The number of amides is 2. The molecule has 2 rings (SSSR count). The van der Waals surface area contributed by atoms with Crippen molar-refractivity contribution in [1.82, 2.24) is 4.90 Å². The lowest BCUT2D eigenvalue weighted by Crippen LogP contribution is -2.37. The molecule has 0 unspecified atom stereocenters. The van der Waals surface area contributed by atoms with Gasteiger partial charge in [-0.25, -0.2) is 4.79 Å². The average Bonchev–Trinajstić information content (AvgIpc) is 2.73. The number of nitrogens with one attached hydrogen (secondary N) is 1. The van der Waals surface area contributed by atoms with Gasteiger partial charge in [0, 0.05) is 18.8 Å². The molecule has 1 N–H and O–H groups in total. The van der Waals surface area contributed by atoms with Crippen LogP contribution >= 0.6 is 0 Å². The van der Waals surface area contributed by atoms with Crippen molar-refractivity contribution in [2.75, 3.05) is 32.6 Å². The second-order valence-electron chi connectivity index (χ2n) is 6.78. The molecule has 7 heteroatoms. The molecule has 2 amide bonds. The van der Waals surface area contributed by atoms with Crippen molar-refractivity contribution < 1.29 is 23.9 Å². The van der Waals surface area contributed by atoms with Crippen molar-refractivity contribution >= 4 is 29.5 Å². The zero-order valence-electron chi connectivity index (χ0n) is 17.6. The molecule has 0 heterocycles. The molecule has 0 saturated heterocycles. The van der Waals surface area contributed by atoms with Crippen LogP contribution in [-0.4, -0.2) is 50.0 Å². The number of anilines is 1. The van der Waals surface area contributed by atoms with Crippen molar-refractivity contribution in [2.45, 2.75) is 13.8 Å². The molecule has 0 aliphatic rings. The predicted molar refractivity (Wildman–Crippen MR) is 115 cm³/mol. The topological polar surface area (TPSA) is 84.9 Å². The van der Waals surface area contributed by atoms with Gasteiger partial charge in [0.2, 0.25) is 5.91 Å². The number of benzene rings is 2. The second-order valence-corrected chi connectivity index (χ2v) is 6.78. The maximum absolute atomic E-state index is 12.2. The van der Waals surface area contributed by atoms with Crippen LogP contribution in [-0.2, 0) is 19.1 Å². The number of carbonyl (C=O) groups excluding carboxylic acids is 3. The third-order valence-electron chi connectivity index (χ3n) is 4.40. The van der Waals surface area contributed by atoms with Gasteiger partial charge < -0.3 is 19.7 Å². The van der Waals surface area contributed by atoms with E-state index < -0.39 is 18.5 Å². The number of hydrogen-bond donors (Lipinski definition) is 1. The Bertz CT molecular complexity index is 932. The Morgan fingerprint density at radius 2 is 1.73 bits per heavy atom. The first-order valence-electron chi connectivity index (χ1n) is 9.39. The number of nitrogens with zero attached hydrogens (tertiary/aromatic N) is 1. The Morgan fingerprint density at radius 1 is 1.07 bits per heavy atom. The largest absolute Gasteiger partial charge is 0.497 e. The van der Waals surface area contributed by atoms with Crippen LogP contribution in [0.2, 0.25) is 0 Å². The molecule has 0 bridgehead atoms. The van der Waals surface area contributed by atoms with Gasteiger partial charge in [-0.05, 0) is 48.7 Å². The fraction of sp³-hybridized carbons (Fsp3) is 0.261. The smallest absolute Gasteiger partial charge is 0.331 e. The van der Waals surface area contributed by atoms with Gasteiger partial charge in [0.25, 0.3) is 5.91 Å². The minimum Gasteiger partial charge on any atom is -0.497 e. The highest BCUT2D eigenvalue weighted by Gasteiger charge is 2.15. The molecule has 0 aliphatic carbocycles. The normalized spacial score (nSPS) is 10.5. The number of hydrogen-bond acceptors (Lipinski definition) is 5. The zero-order chi connectivity index (χ0) is 22.1. The van der Waals surface area contributed by atoms with Crippen LogP contribution < -0.4 is 10.1 Å². The summed E-state index contributed by atoms with van der Waals surface area (Å²) >= 11 is 0. The Balaban J connectivity index is 1.81. The van der Waals surface area contributed by atoms with Crippen molar-refractivity contribution in [3.8, 4) is 5.75 Å². The van der Waals surface area contributed by atoms with E-state index in [4.69, 9.17) is 9.47 Å². The molecule has 30 heavy (non-hydrogen) atoms. The summed E-state index contributed by atoms with van der Waals surface area (Å²) in [4.78, 5) is 37.5. The van der Waals surface area contributed by atoms with Crippen LogP contribution in [0.4, 0.5) is 5.69 Å². The Morgan fingerprint density at radius 3 is 2.40 bits per heavy atom. The van der Waals surface area contributed by atoms with E-state index in [0.29, 0.717) is 5.75 Å². The quantitative estimate of drug-likeness (QED) is 0.534. The molecule has 2 aromatic carbocycles. The van der Waals surface area contributed by atoms with E-state index in [0.717, 1.165) is 22.4 Å². The van der Waals surface area contributed by atoms with E-state index >= 15 is 0 Å². The fourth-order valence-corrected chi connectivity index (χ4v) is 2.69. The minimum atomic E-state index is -0.653. The van der Waals surface area contributed by atoms with E-state index in [1.807, 2.05) is 32.0 Å². The van der Waals surface area contributed by atoms with Gasteiger partial charge in [-0.2, -0.15) is 0 Å². The van der Waals surface area contributed by atoms with Gasteiger partial charge in [-0.15, -0.1) is 0 Å². The Labute approximate surface area is 176 Å². The summed E-state index contributed by atoms with van der Waals surface area (Å²) in [6.45, 7) is 3.20. The zero-order valence-corrected chi connectivity index (χ0v) is 17.6. The average molecular weight is 410 g/mol. The number of para-hydroxylation sites is 1. The number of esters is 1. The molecule has 0 aromatic heterocycles. The molecule has 7 nitrogen and oxygen atoms in total. The monoisotopic (exact) mass is 410 g/mol. The van der Waals surface area contributed by atoms with Crippen molar-refractivity contribution in [1.29, 1.82) is 0 Å². The first-order chi connectivity index (χ1) is 14.3. The summed E-state index contributed by atoms with van der Waals surface area (Å²) in [5.74, 6) is -0.789. The SMILES string of the molecule is COc1cccc(/C=C/C(=O)OCC(=O)N(C)CC(=O)Nc2c(C)cccc2C)c1. The van der Waals surface area contributed by atoms with Gasteiger partial charge in [-0.1, -0.05) is 30.3 Å². The Hall–Kier alpha value is -3.61. The predicted octanol–water partition coefficient (Wildman–Crippen LogP) is 2.97. The summed E-state index contributed by atoms with van der Waals surface area (Å²) in [6.07, 6.45) is 2.80.